The lowest BCUT2D eigenvalue weighted by molar-refractivity contribution is -0.111. The normalized spacial score (nSPS) is 11.0. The lowest BCUT2D eigenvalue weighted by Crippen LogP contribution is -2.10. The fourth-order valence-electron chi connectivity index (χ4n) is 2.47. The zero-order chi connectivity index (χ0) is 18.1. The van der Waals surface area contributed by atoms with E-state index in [9.17, 15) is 4.79 Å². The van der Waals surface area contributed by atoms with Crippen LogP contribution < -0.4 is 10.1 Å². The van der Waals surface area contributed by atoms with E-state index < -0.39 is 0 Å². The van der Waals surface area contributed by atoms with Crippen LogP contribution >= 0.6 is 0 Å². The monoisotopic (exact) mass is 337 g/mol. The molecule has 0 aliphatic carbocycles. The predicted molar refractivity (Wildman–Crippen MR) is 105 cm³/mol. The summed E-state index contributed by atoms with van der Waals surface area (Å²) in [6.07, 6.45) is 5.54. The molecule has 0 heterocycles. The van der Waals surface area contributed by atoms with Crippen LogP contribution in [0.5, 0.6) is 5.75 Å². The van der Waals surface area contributed by atoms with Gasteiger partial charge in [0.05, 0.1) is 6.61 Å². The summed E-state index contributed by atoms with van der Waals surface area (Å²) < 4.78 is 5.64. The number of rotatable bonds is 8. The van der Waals surface area contributed by atoms with Crippen LogP contribution in [0.3, 0.4) is 0 Å². The first-order valence-electron chi connectivity index (χ1n) is 8.91. The van der Waals surface area contributed by atoms with Crippen molar-refractivity contribution >= 4 is 17.7 Å². The molecular formula is C22H27NO2. The minimum atomic E-state index is -0.128. The number of carbonyl (C=O) groups excluding carboxylic acids is 1. The Morgan fingerprint density at radius 1 is 1.12 bits per heavy atom. The van der Waals surface area contributed by atoms with Crippen molar-refractivity contribution < 1.29 is 9.53 Å². The van der Waals surface area contributed by atoms with E-state index in [1.165, 1.54) is 0 Å². The number of unbranched alkanes of at least 4 members (excludes halogenated alkanes) is 1. The van der Waals surface area contributed by atoms with Crippen LogP contribution in [0.4, 0.5) is 5.69 Å². The summed E-state index contributed by atoms with van der Waals surface area (Å²) in [6.45, 7) is 7.11. The van der Waals surface area contributed by atoms with Gasteiger partial charge >= 0.3 is 0 Å². The van der Waals surface area contributed by atoms with Crippen LogP contribution in [0.2, 0.25) is 0 Å². The van der Waals surface area contributed by atoms with Crippen LogP contribution in [-0.4, -0.2) is 12.5 Å². The molecule has 0 atom stereocenters. The fraction of sp³-hybridized carbons (Fsp3) is 0.318. The SMILES string of the molecule is CCCCOc1ccc(/C=C/C(=O)Nc2ccccc2C(C)C)cc1. The molecule has 3 heteroatoms. The maximum atomic E-state index is 12.2. The van der Waals surface area contributed by atoms with E-state index in [-0.39, 0.29) is 5.91 Å². The second kappa shape index (κ2) is 9.67. The van der Waals surface area contributed by atoms with Gasteiger partial charge in [0.1, 0.15) is 5.75 Å². The minimum Gasteiger partial charge on any atom is -0.494 e. The quantitative estimate of drug-likeness (QED) is 0.500. The van der Waals surface area contributed by atoms with Crippen LogP contribution in [0, 0.1) is 0 Å². The maximum Gasteiger partial charge on any atom is 0.248 e. The van der Waals surface area contributed by atoms with Crippen molar-refractivity contribution in [1.82, 2.24) is 0 Å². The van der Waals surface area contributed by atoms with Gasteiger partial charge in [-0.25, -0.2) is 0 Å². The molecule has 0 saturated heterocycles. The molecule has 132 valence electrons. The van der Waals surface area contributed by atoms with Crippen molar-refractivity contribution in [1.29, 1.82) is 0 Å². The van der Waals surface area contributed by atoms with Gasteiger partial charge in [-0.05, 0) is 47.7 Å². The predicted octanol–water partition coefficient (Wildman–Crippen LogP) is 5.64. The molecule has 2 aromatic rings. The van der Waals surface area contributed by atoms with E-state index in [0.717, 1.165) is 42.0 Å². The Balaban J connectivity index is 1.94. The first-order valence-corrected chi connectivity index (χ1v) is 8.91. The topological polar surface area (TPSA) is 38.3 Å². The number of amides is 1. The average Bonchev–Trinajstić information content (AvgIpc) is 2.61. The van der Waals surface area contributed by atoms with Crippen molar-refractivity contribution in [2.45, 2.75) is 39.5 Å². The molecule has 0 unspecified atom stereocenters. The smallest absolute Gasteiger partial charge is 0.248 e. The zero-order valence-corrected chi connectivity index (χ0v) is 15.3. The summed E-state index contributed by atoms with van der Waals surface area (Å²) in [6, 6.07) is 15.7. The van der Waals surface area contributed by atoms with Gasteiger partial charge in [-0.15, -0.1) is 0 Å². The molecule has 3 nitrogen and oxygen atoms in total. The Hall–Kier alpha value is -2.55. The second-order valence-corrected chi connectivity index (χ2v) is 6.34. The van der Waals surface area contributed by atoms with E-state index >= 15 is 0 Å². The number of ether oxygens (including phenoxy) is 1. The van der Waals surface area contributed by atoms with Gasteiger partial charge in [0.2, 0.25) is 5.91 Å². The molecule has 0 fully saturated rings. The highest BCUT2D eigenvalue weighted by Crippen LogP contribution is 2.23. The Morgan fingerprint density at radius 2 is 1.84 bits per heavy atom. The van der Waals surface area contributed by atoms with Crippen molar-refractivity contribution in [2.75, 3.05) is 11.9 Å². The van der Waals surface area contributed by atoms with Gasteiger partial charge in [-0.3, -0.25) is 4.79 Å². The number of nitrogens with one attached hydrogen (secondary N) is 1. The molecule has 1 amide bonds. The third kappa shape index (κ3) is 6.11. The zero-order valence-electron chi connectivity index (χ0n) is 15.3. The third-order valence-electron chi connectivity index (χ3n) is 3.91. The van der Waals surface area contributed by atoms with E-state index in [1.807, 2.05) is 54.6 Å². The average molecular weight is 337 g/mol. The lowest BCUT2D eigenvalue weighted by Gasteiger charge is -2.12. The van der Waals surface area contributed by atoms with E-state index in [1.54, 1.807) is 6.08 Å². The van der Waals surface area contributed by atoms with Gasteiger partial charge in [0.15, 0.2) is 0 Å². The van der Waals surface area contributed by atoms with Gasteiger partial charge in [-0.1, -0.05) is 57.5 Å². The summed E-state index contributed by atoms with van der Waals surface area (Å²) in [7, 11) is 0. The van der Waals surface area contributed by atoms with Crippen molar-refractivity contribution in [3.8, 4) is 5.75 Å². The summed E-state index contributed by atoms with van der Waals surface area (Å²) in [5.74, 6) is 1.10. The molecule has 25 heavy (non-hydrogen) atoms. The van der Waals surface area contributed by atoms with Gasteiger partial charge in [0.25, 0.3) is 0 Å². The number of hydrogen-bond acceptors (Lipinski definition) is 2. The molecular weight excluding hydrogens is 310 g/mol. The molecule has 2 aromatic carbocycles. The highest BCUT2D eigenvalue weighted by atomic mass is 16.5. The molecule has 0 aromatic heterocycles. The van der Waals surface area contributed by atoms with Crippen LogP contribution in [0.25, 0.3) is 6.08 Å². The summed E-state index contributed by atoms with van der Waals surface area (Å²) in [5, 5.41) is 2.96. The number of para-hydroxylation sites is 1. The van der Waals surface area contributed by atoms with Crippen molar-refractivity contribution in [3.05, 3.63) is 65.7 Å². The van der Waals surface area contributed by atoms with Gasteiger partial charge in [0, 0.05) is 11.8 Å². The number of hydrogen-bond donors (Lipinski definition) is 1. The maximum absolute atomic E-state index is 12.2. The molecule has 0 spiro atoms. The first-order chi connectivity index (χ1) is 12.1. The highest BCUT2D eigenvalue weighted by Gasteiger charge is 2.07. The fourth-order valence-corrected chi connectivity index (χ4v) is 2.47. The molecule has 0 aliphatic heterocycles. The number of benzene rings is 2. The summed E-state index contributed by atoms with van der Waals surface area (Å²) in [4.78, 5) is 12.2. The number of carbonyl (C=O) groups is 1. The number of anilines is 1. The van der Waals surface area contributed by atoms with E-state index in [0.29, 0.717) is 5.92 Å². The lowest BCUT2D eigenvalue weighted by atomic mass is 10.0. The second-order valence-electron chi connectivity index (χ2n) is 6.34. The van der Waals surface area contributed by atoms with E-state index in [2.05, 4.69) is 26.1 Å². The van der Waals surface area contributed by atoms with Crippen molar-refractivity contribution in [3.63, 3.8) is 0 Å². The molecule has 1 N–H and O–H groups in total. The summed E-state index contributed by atoms with van der Waals surface area (Å²) >= 11 is 0. The van der Waals surface area contributed by atoms with Crippen LogP contribution in [-0.2, 0) is 4.79 Å². The van der Waals surface area contributed by atoms with Crippen LogP contribution in [0.1, 0.15) is 50.7 Å². The Bertz CT molecular complexity index is 702. The van der Waals surface area contributed by atoms with Gasteiger partial charge in [-0.2, -0.15) is 0 Å². The Labute approximate surface area is 150 Å². The van der Waals surface area contributed by atoms with Gasteiger partial charge < -0.3 is 10.1 Å². The highest BCUT2D eigenvalue weighted by molar-refractivity contribution is 6.02. The third-order valence-corrected chi connectivity index (χ3v) is 3.91. The molecule has 0 radical (unpaired) electrons. The molecule has 2 rings (SSSR count). The standard InChI is InChI=1S/C22H27NO2/c1-4-5-16-25-19-13-10-18(11-14-19)12-15-22(24)23-21-9-7-6-8-20(21)17(2)3/h6-15,17H,4-5,16H2,1-3H3,(H,23,24)/b15-12+. The van der Waals surface area contributed by atoms with E-state index in [4.69, 9.17) is 4.74 Å². The van der Waals surface area contributed by atoms with Crippen LogP contribution in [0.15, 0.2) is 54.6 Å². The molecule has 0 bridgehead atoms. The Morgan fingerprint density at radius 3 is 2.52 bits per heavy atom. The Kier molecular flexibility index (Phi) is 7.27. The first kappa shape index (κ1) is 18.8. The summed E-state index contributed by atoms with van der Waals surface area (Å²) in [5.41, 5.74) is 2.97. The largest absolute Gasteiger partial charge is 0.494 e. The molecule has 0 aliphatic rings. The molecule has 0 saturated carbocycles. The van der Waals surface area contributed by atoms with Crippen molar-refractivity contribution in [2.24, 2.45) is 0 Å². The minimum absolute atomic E-state index is 0.128.